The van der Waals surface area contributed by atoms with Gasteiger partial charge in [0.25, 0.3) is 24.2 Å². The van der Waals surface area contributed by atoms with E-state index in [0.717, 1.165) is 27.4 Å². The van der Waals surface area contributed by atoms with E-state index in [1.54, 1.807) is 24.1 Å². The molecule has 0 fully saturated rings. The molecule has 1 aliphatic rings. The van der Waals surface area contributed by atoms with Crippen molar-refractivity contribution in [2.75, 3.05) is 53.6 Å². The first-order valence-corrected chi connectivity index (χ1v) is 32.2. The molecular weight excluding hydrogens is 1150 g/mol. The normalized spacial score (nSPS) is 15.2. The molecule has 0 aliphatic carbocycles. The van der Waals surface area contributed by atoms with Crippen LogP contribution < -0.4 is 10.6 Å². The van der Waals surface area contributed by atoms with Crippen molar-refractivity contribution >= 4 is 76.4 Å². The summed E-state index contributed by atoms with van der Waals surface area (Å²) >= 11 is 1.14. The minimum Gasteiger partial charge on any atom is -0.465 e. The zero-order valence-corrected chi connectivity index (χ0v) is 55.0. The van der Waals surface area contributed by atoms with Gasteiger partial charge >= 0.3 is 5.97 Å². The highest BCUT2D eigenvalue weighted by atomic mass is 32.1. The number of aliphatic hydroxyl groups is 1. The van der Waals surface area contributed by atoms with Crippen molar-refractivity contribution in [2.24, 2.45) is 29.6 Å². The van der Waals surface area contributed by atoms with E-state index < -0.39 is 71.3 Å². The Morgan fingerprint density at radius 2 is 1.52 bits per heavy atom. The highest BCUT2D eigenvalue weighted by Crippen LogP contribution is 2.34. The van der Waals surface area contributed by atoms with Crippen LogP contribution in [0.5, 0.6) is 0 Å². The lowest BCUT2D eigenvalue weighted by Crippen LogP contribution is -2.51. The van der Waals surface area contributed by atoms with E-state index in [2.05, 4.69) is 10.6 Å². The number of carbonyl (C=O) groups is 11. The topological polar surface area (TPSA) is 282 Å². The Morgan fingerprint density at radius 1 is 0.841 bits per heavy atom. The minimum absolute atomic E-state index is 0.0300. The number of rotatable bonds is 46. The van der Waals surface area contributed by atoms with E-state index in [-0.39, 0.29) is 137 Å². The Kier molecular flexibility index (Phi) is 33.6. The quantitative estimate of drug-likeness (QED) is 0.0246. The first kappa shape index (κ1) is 75.9. The average Bonchev–Trinajstić information content (AvgIpc) is 3.97. The largest absolute Gasteiger partial charge is 0.465 e. The van der Waals surface area contributed by atoms with Crippen LogP contribution in [0.15, 0.2) is 41.8 Å². The number of ether oxygens (including phenoxy) is 3. The number of thiazole rings is 1. The molecule has 0 saturated heterocycles. The molecule has 21 nitrogen and oxygen atoms in total. The summed E-state index contributed by atoms with van der Waals surface area (Å²) in [6.07, 6.45) is 4.63. The number of aromatic nitrogens is 1. The lowest BCUT2D eigenvalue weighted by atomic mass is 9.81. The van der Waals surface area contributed by atoms with Gasteiger partial charge in [-0.3, -0.25) is 62.5 Å². The molecule has 8 atom stereocenters. The predicted molar refractivity (Wildman–Crippen MR) is 335 cm³/mol. The van der Waals surface area contributed by atoms with E-state index >= 15 is 4.79 Å². The number of hydrogen-bond donors (Lipinski definition) is 3. The van der Waals surface area contributed by atoms with Crippen LogP contribution in [0, 0.1) is 36.5 Å². The predicted octanol–water partition coefficient (Wildman–Crippen LogP) is 7.85. The fourth-order valence-electron chi connectivity index (χ4n) is 10.5. The van der Waals surface area contributed by atoms with Gasteiger partial charge in [-0.05, 0) is 97.7 Å². The molecule has 1 aliphatic heterocycles. The number of esters is 1. The summed E-state index contributed by atoms with van der Waals surface area (Å²) in [5, 5.41) is 16.7. The van der Waals surface area contributed by atoms with Gasteiger partial charge < -0.3 is 34.9 Å². The molecule has 0 saturated carbocycles. The molecule has 3 rings (SSSR count). The zero-order valence-electron chi connectivity index (χ0n) is 54.2. The summed E-state index contributed by atoms with van der Waals surface area (Å²) in [6.45, 7) is 19.2. The van der Waals surface area contributed by atoms with Gasteiger partial charge in [-0.2, -0.15) is 0 Å². The van der Waals surface area contributed by atoms with E-state index in [0.29, 0.717) is 69.4 Å². The summed E-state index contributed by atoms with van der Waals surface area (Å²) in [6, 6.07) is 6.87. The van der Waals surface area contributed by atoms with Gasteiger partial charge in [-0.15, -0.1) is 11.3 Å². The summed E-state index contributed by atoms with van der Waals surface area (Å²) in [5.41, 5.74) is 1.26. The lowest BCUT2D eigenvalue weighted by Gasteiger charge is -2.40. The van der Waals surface area contributed by atoms with Crippen LogP contribution in [0.25, 0.3) is 0 Å². The van der Waals surface area contributed by atoms with Crippen molar-refractivity contribution in [3.8, 4) is 0 Å². The molecule has 88 heavy (non-hydrogen) atoms. The van der Waals surface area contributed by atoms with Crippen LogP contribution >= 0.6 is 11.3 Å². The van der Waals surface area contributed by atoms with Crippen LogP contribution in [-0.2, 0) is 68.6 Å². The van der Waals surface area contributed by atoms with Crippen molar-refractivity contribution < 1.29 is 72.1 Å². The molecule has 2 heterocycles. The summed E-state index contributed by atoms with van der Waals surface area (Å²) in [4.78, 5) is 155. The molecule has 3 N–H and O–H groups in total. The first-order chi connectivity index (χ1) is 41.6. The molecule has 22 heteroatoms. The first-order valence-electron chi connectivity index (χ1n) is 31.3. The summed E-state index contributed by atoms with van der Waals surface area (Å²) < 4.78 is 16.4. The molecule has 0 spiro atoms. The molecule has 1 aromatic heterocycles. The van der Waals surface area contributed by atoms with Crippen LogP contribution in [0.2, 0.25) is 0 Å². The molecule has 0 bridgehead atoms. The number of carbonyl (C=O) groups excluding carboxylic acids is 11. The third kappa shape index (κ3) is 26.0. The van der Waals surface area contributed by atoms with Crippen molar-refractivity contribution in [3.05, 3.63) is 63.6 Å². The van der Waals surface area contributed by atoms with E-state index in [4.69, 9.17) is 24.3 Å². The Labute approximate surface area is 525 Å². The van der Waals surface area contributed by atoms with Crippen molar-refractivity contribution in [1.29, 1.82) is 0 Å². The van der Waals surface area contributed by atoms with Gasteiger partial charge in [-0.1, -0.05) is 77.3 Å². The zero-order chi connectivity index (χ0) is 65.7. The monoisotopic (exact) mass is 1250 g/mol. The van der Waals surface area contributed by atoms with Gasteiger partial charge in [0.1, 0.15) is 34.2 Å². The SMILES string of the molecule is CCC(C)[C@H](CC(=O)C(C)(C)N(C)C)C(=O)N(CCCCC(=O)C(C)CC(=O)C(CCCCNC(=O)CCOCCO)CC(=O)CCCN1C(=O)C=CC1=O)[C@H](C[C@@H](OC(C)=O)c1nc(C(=O)N[C@@H](Cc2ccc(C)cc2)CC(C)OC=O)cs1)C(C)C. The fraction of sp³-hybridized carbons (Fsp3) is 0.667. The Morgan fingerprint density at radius 3 is 2.14 bits per heavy atom. The second-order valence-corrected chi connectivity index (χ2v) is 25.5. The maximum atomic E-state index is 15.4. The maximum Gasteiger partial charge on any atom is 0.303 e. The number of hydrogen-bond acceptors (Lipinski definition) is 18. The number of aryl methyl sites for hydroxylation is 1. The summed E-state index contributed by atoms with van der Waals surface area (Å²) in [5.74, 6) is -5.79. The number of imide groups is 1. The standard InChI is InChI=1S/C66H100N6O15S/c1-13-45(5)53(39-59(79)66(9,10)70(11)12)65(84)71(55(43(2)3)40-58(87-48(8)75)64-69-54(41-88-64)63(83)68-51(36-47(7)86-42-74)37-49-24-22-44(4)23-25-49)30-17-15-21-56(77)46(6)35-57(78)50(19-14-16-29-67-60(80)28-33-85-34-32-73)38-52(76)20-18-31-72-61(81)26-27-62(72)82/h22-27,41-43,45-47,50-51,53,55,58,73H,13-21,28-40H2,1-12H3,(H,67,80)(H,68,83)/t45?,46?,47?,50?,51-,53+,55-,58-/m1/s1. The highest BCUT2D eigenvalue weighted by molar-refractivity contribution is 7.09. The second kappa shape index (κ2) is 38.9. The number of likely N-dealkylation sites (N-methyl/N-ethyl adjacent to an activating group) is 1. The Balaban J connectivity index is 1.88. The number of nitrogens with zero attached hydrogens (tertiary/aromatic N) is 4. The van der Waals surface area contributed by atoms with Gasteiger partial charge in [0.05, 0.1) is 25.4 Å². The second-order valence-electron chi connectivity index (χ2n) is 24.6. The van der Waals surface area contributed by atoms with E-state index in [9.17, 15) is 47.9 Å². The van der Waals surface area contributed by atoms with Gasteiger partial charge in [0.15, 0.2) is 11.9 Å². The number of unbranched alkanes of at least 4 members (excludes halogenated alkanes) is 2. The number of aliphatic hydroxyl groups excluding tert-OH is 1. The maximum absolute atomic E-state index is 15.4. The van der Waals surface area contributed by atoms with Crippen LogP contribution in [0.4, 0.5) is 0 Å². The van der Waals surface area contributed by atoms with Crippen LogP contribution in [-0.4, -0.2) is 167 Å². The van der Waals surface area contributed by atoms with E-state index in [1.807, 2.05) is 91.7 Å². The summed E-state index contributed by atoms with van der Waals surface area (Å²) in [7, 11) is 3.63. The Bertz CT molecular complexity index is 2640. The Hall–Kier alpha value is -6.36. The van der Waals surface area contributed by atoms with E-state index in [1.165, 1.54) is 19.1 Å². The molecular formula is C66H100N6O15S. The number of Topliss-reactive ketones (excluding diaryl/α,β-unsaturated/α-hetero) is 4. The molecule has 490 valence electrons. The highest BCUT2D eigenvalue weighted by Gasteiger charge is 2.40. The smallest absolute Gasteiger partial charge is 0.303 e. The van der Waals surface area contributed by atoms with Gasteiger partial charge in [0, 0.05) is 125 Å². The number of benzene rings is 1. The van der Waals surface area contributed by atoms with Crippen LogP contribution in [0.3, 0.4) is 0 Å². The molecule has 1 aromatic carbocycles. The third-order valence-electron chi connectivity index (χ3n) is 16.7. The number of ketones is 4. The molecule has 5 amide bonds. The molecule has 4 unspecified atom stereocenters. The van der Waals surface area contributed by atoms with Crippen molar-refractivity contribution in [3.63, 3.8) is 0 Å². The van der Waals surface area contributed by atoms with Crippen molar-refractivity contribution in [1.82, 2.24) is 30.3 Å². The number of nitrogens with one attached hydrogen (secondary N) is 2. The average molecular weight is 1250 g/mol. The third-order valence-corrected chi connectivity index (χ3v) is 17.7. The molecule has 2 aromatic rings. The molecule has 0 radical (unpaired) electrons. The van der Waals surface area contributed by atoms with Crippen molar-refractivity contribution in [2.45, 2.75) is 202 Å². The lowest BCUT2D eigenvalue weighted by molar-refractivity contribution is -0.150. The fourth-order valence-corrected chi connectivity index (χ4v) is 11.4. The van der Waals surface area contributed by atoms with Gasteiger partial charge in [0.2, 0.25) is 11.8 Å². The number of amides is 5. The minimum atomic E-state index is -0.995. The van der Waals surface area contributed by atoms with Gasteiger partial charge in [-0.25, -0.2) is 4.98 Å². The van der Waals surface area contributed by atoms with Crippen LogP contribution in [0.1, 0.15) is 191 Å².